The van der Waals surface area contributed by atoms with Crippen molar-refractivity contribution in [1.29, 1.82) is 0 Å². The number of nitrogens with two attached hydrogens (primary N) is 1. The molecule has 2 fully saturated rings. The molecule has 2 aliphatic heterocycles. The molecule has 1 aromatic heterocycles. The van der Waals surface area contributed by atoms with Crippen molar-refractivity contribution in [3.8, 4) is 0 Å². The molecular weight excluding hydrogens is 282 g/mol. The predicted octanol–water partition coefficient (Wildman–Crippen LogP) is 2.59. The third-order valence-corrected chi connectivity index (χ3v) is 5.95. The van der Waals surface area contributed by atoms with Gasteiger partial charge in [0.05, 0.1) is 11.6 Å². The van der Waals surface area contributed by atoms with Crippen LogP contribution in [-0.4, -0.2) is 28.7 Å². The fourth-order valence-electron chi connectivity index (χ4n) is 3.75. The molecule has 2 aliphatic rings. The van der Waals surface area contributed by atoms with Gasteiger partial charge < -0.3 is 4.74 Å². The van der Waals surface area contributed by atoms with Crippen LogP contribution in [0.25, 0.3) is 0 Å². The van der Waals surface area contributed by atoms with E-state index in [1.807, 2.05) is 24.0 Å². The number of hydrogen-bond acceptors (Lipinski definition) is 5. The largest absolute Gasteiger partial charge is 0.375 e. The smallest absolute Gasteiger partial charge is 0.0701 e. The molecule has 3 heterocycles. The van der Waals surface area contributed by atoms with Crippen molar-refractivity contribution < 1.29 is 4.74 Å². The quantitative estimate of drug-likeness (QED) is 0.664. The van der Waals surface area contributed by atoms with Crippen LogP contribution in [0.2, 0.25) is 0 Å². The van der Waals surface area contributed by atoms with Crippen LogP contribution in [0.1, 0.15) is 43.0 Å². The first-order valence-corrected chi connectivity index (χ1v) is 8.99. The van der Waals surface area contributed by atoms with Crippen LogP contribution in [0, 0.1) is 12.8 Å². The molecule has 5 heteroatoms. The Kier molecular flexibility index (Phi) is 4.84. The predicted molar refractivity (Wildman–Crippen MR) is 87.0 cm³/mol. The van der Waals surface area contributed by atoms with Crippen molar-refractivity contribution in [3.05, 3.63) is 29.6 Å². The molecule has 2 saturated heterocycles. The second-order valence-corrected chi connectivity index (χ2v) is 7.44. The number of hydrazine groups is 1. The van der Waals surface area contributed by atoms with Crippen LogP contribution in [0.4, 0.5) is 0 Å². The molecule has 2 unspecified atom stereocenters. The molecule has 0 bridgehead atoms. The molecule has 3 N–H and O–H groups in total. The number of aryl methyl sites for hydroxylation is 1. The molecule has 21 heavy (non-hydrogen) atoms. The van der Waals surface area contributed by atoms with Crippen LogP contribution in [0.15, 0.2) is 18.3 Å². The Morgan fingerprint density at radius 2 is 2.29 bits per heavy atom. The average molecular weight is 307 g/mol. The van der Waals surface area contributed by atoms with Gasteiger partial charge in [0.2, 0.25) is 0 Å². The summed E-state index contributed by atoms with van der Waals surface area (Å²) < 4.78 is 6.20. The Morgan fingerprint density at radius 1 is 1.48 bits per heavy atom. The molecule has 0 radical (unpaired) electrons. The number of nitrogens with one attached hydrogen (secondary N) is 1. The van der Waals surface area contributed by atoms with Gasteiger partial charge in [0.1, 0.15) is 0 Å². The van der Waals surface area contributed by atoms with Gasteiger partial charge in [-0.05, 0) is 61.7 Å². The van der Waals surface area contributed by atoms with E-state index < -0.39 is 0 Å². The van der Waals surface area contributed by atoms with E-state index in [9.17, 15) is 0 Å². The fourth-order valence-corrected chi connectivity index (χ4v) is 4.98. The highest BCUT2D eigenvalue weighted by molar-refractivity contribution is 7.99. The van der Waals surface area contributed by atoms with Crippen LogP contribution < -0.4 is 11.3 Å². The third-order valence-electron chi connectivity index (χ3n) is 4.97. The maximum Gasteiger partial charge on any atom is 0.0701 e. The fraction of sp³-hybridized carbons (Fsp3) is 0.688. The SMILES string of the molecule is Cc1ncccc1C(NN)C1CCOC2(CCSCC2)C1. The summed E-state index contributed by atoms with van der Waals surface area (Å²) in [6, 6.07) is 4.32. The van der Waals surface area contributed by atoms with Gasteiger partial charge in [-0.1, -0.05) is 6.07 Å². The topological polar surface area (TPSA) is 60.2 Å². The summed E-state index contributed by atoms with van der Waals surface area (Å²) in [6.45, 7) is 2.92. The van der Waals surface area contributed by atoms with Crippen molar-refractivity contribution in [2.24, 2.45) is 11.8 Å². The Morgan fingerprint density at radius 3 is 3.00 bits per heavy atom. The van der Waals surface area contributed by atoms with Crippen LogP contribution in [0.5, 0.6) is 0 Å². The van der Waals surface area contributed by atoms with Gasteiger partial charge in [-0.25, -0.2) is 0 Å². The molecule has 4 nitrogen and oxygen atoms in total. The lowest BCUT2D eigenvalue weighted by Gasteiger charge is -2.45. The number of ether oxygens (including phenoxy) is 1. The molecule has 0 saturated carbocycles. The second-order valence-electron chi connectivity index (χ2n) is 6.22. The second kappa shape index (κ2) is 6.65. The van der Waals surface area contributed by atoms with Crippen molar-refractivity contribution in [2.75, 3.05) is 18.1 Å². The molecule has 0 aromatic carbocycles. The molecule has 3 rings (SSSR count). The number of hydrogen-bond donors (Lipinski definition) is 2. The molecule has 0 aliphatic carbocycles. The zero-order valence-corrected chi connectivity index (χ0v) is 13.5. The van der Waals surface area contributed by atoms with E-state index in [0.717, 1.165) is 25.1 Å². The lowest BCUT2D eigenvalue weighted by Crippen LogP contribution is -2.46. The van der Waals surface area contributed by atoms with E-state index in [4.69, 9.17) is 10.6 Å². The van der Waals surface area contributed by atoms with Crippen molar-refractivity contribution >= 4 is 11.8 Å². The van der Waals surface area contributed by atoms with Gasteiger partial charge in [-0.15, -0.1) is 0 Å². The number of thioether (sulfide) groups is 1. The lowest BCUT2D eigenvalue weighted by atomic mass is 9.77. The molecule has 1 aromatic rings. The summed E-state index contributed by atoms with van der Waals surface area (Å²) in [4.78, 5) is 4.42. The Balaban J connectivity index is 1.79. The minimum Gasteiger partial charge on any atom is -0.375 e. The van der Waals surface area contributed by atoms with Crippen LogP contribution in [0.3, 0.4) is 0 Å². The van der Waals surface area contributed by atoms with Gasteiger partial charge in [0.15, 0.2) is 0 Å². The normalized spacial score (nSPS) is 26.7. The van der Waals surface area contributed by atoms with Gasteiger partial charge in [0, 0.05) is 18.5 Å². The summed E-state index contributed by atoms with van der Waals surface area (Å²) in [5.74, 6) is 8.87. The summed E-state index contributed by atoms with van der Waals surface area (Å²) in [5, 5.41) is 0. The zero-order valence-electron chi connectivity index (χ0n) is 12.7. The zero-order chi connectivity index (χ0) is 14.7. The van der Waals surface area contributed by atoms with E-state index in [1.165, 1.54) is 29.9 Å². The van der Waals surface area contributed by atoms with Crippen molar-refractivity contribution in [1.82, 2.24) is 10.4 Å². The summed E-state index contributed by atoms with van der Waals surface area (Å²) in [6.07, 6.45) is 6.38. The molecule has 116 valence electrons. The van der Waals surface area contributed by atoms with Gasteiger partial charge in [-0.2, -0.15) is 11.8 Å². The maximum atomic E-state index is 6.20. The van der Waals surface area contributed by atoms with Crippen LogP contribution >= 0.6 is 11.8 Å². The van der Waals surface area contributed by atoms with Gasteiger partial charge >= 0.3 is 0 Å². The summed E-state index contributed by atoms with van der Waals surface area (Å²) >= 11 is 2.05. The van der Waals surface area contributed by atoms with Gasteiger partial charge in [0.25, 0.3) is 0 Å². The van der Waals surface area contributed by atoms with E-state index >= 15 is 0 Å². The minimum absolute atomic E-state index is 0.0966. The molecule has 2 atom stereocenters. The molecular formula is C16H25N3OS. The van der Waals surface area contributed by atoms with Crippen LogP contribution in [-0.2, 0) is 4.74 Å². The Labute approximate surface area is 131 Å². The first kappa shape index (κ1) is 15.3. The first-order chi connectivity index (χ1) is 10.2. The van der Waals surface area contributed by atoms with E-state index in [2.05, 4.69) is 23.4 Å². The van der Waals surface area contributed by atoms with Crippen molar-refractivity contribution in [2.45, 2.75) is 44.2 Å². The standard InChI is InChI=1S/C16H25N3OS/c1-12-14(3-2-7-18-12)15(19-17)13-4-8-20-16(11-13)5-9-21-10-6-16/h2-3,7,13,15,19H,4-6,8-11,17H2,1H3. The maximum absolute atomic E-state index is 6.20. The highest BCUT2D eigenvalue weighted by Crippen LogP contribution is 2.43. The summed E-state index contributed by atoms with van der Waals surface area (Å²) in [5.41, 5.74) is 5.45. The van der Waals surface area contributed by atoms with Crippen molar-refractivity contribution in [3.63, 3.8) is 0 Å². The Hall–Kier alpha value is -0.620. The number of aromatic nitrogens is 1. The minimum atomic E-state index is 0.0966. The van der Waals surface area contributed by atoms with E-state index in [1.54, 1.807) is 0 Å². The highest BCUT2D eigenvalue weighted by atomic mass is 32.2. The third kappa shape index (κ3) is 3.26. The van der Waals surface area contributed by atoms with E-state index in [-0.39, 0.29) is 11.6 Å². The average Bonchev–Trinajstić information content (AvgIpc) is 2.51. The van der Waals surface area contributed by atoms with Gasteiger partial charge in [-0.3, -0.25) is 16.3 Å². The first-order valence-electron chi connectivity index (χ1n) is 7.83. The lowest BCUT2D eigenvalue weighted by molar-refractivity contribution is -0.107. The van der Waals surface area contributed by atoms with E-state index in [0.29, 0.717) is 5.92 Å². The molecule has 1 spiro atoms. The number of nitrogens with zero attached hydrogens (tertiary/aromatic N) is 1. The monoisotopic (exact) mass is 307 g/mol. The number of pyridine rings is 1. The number of rotatable bonds is 3. The highest BCUT2D eigenvalue weighted by Gasteiger charge is 2.41. The summed E-state index contributed by atoms with van der Waals surface area (Å²) in [7, 11) is 0. The Bertz CT molecular complexity index is 471. The molecule has 0 amide bonds.